The summed E-state index contributed by atoms with van der Waals surface area (Å²) in [6, 6.07) is 0. The van der Waals surface area contributed by atoms with Gasteiger partial charge in [0.25, 0.3) is 0 Å². The normalized spacial score (nSPS) is 13.2. The number of carbonyl (C=O) groups excluding carboxylic acids is 1. The summed E-state index contributed by atoms with van der Waals surface area (Å²) in [4.78, 5) is 22.0. The molecular weight excluding hydrogens is 243 g/mol. The first kappa shape index (κ1) is 14.0. The summed E-state index contributed by atoms with van der Waals surface area (Å²) >= 11 is 11.0. The third-order valence-electron chi connectivity index (χ3n) is 1.68. The van der Waals surface area contributed by atoms with Crippen LogP contribution < -0.4 is 0 Å². The standard InChI is InChI=1S/C9H10Cl2O4/c1-5(3-10)6(4-11)7(8(12)13)9(14)15-2/h3H,4H2,1-2H3,(H,12,13). The molecule has 0 rings (SSSR count). The van der Waals surface area contributed by atoms with Crippen LogP contribution in [0.5, 0.6) is 0 Å². The van der Waals surface area contributed by atoms with Crippen LogP contribution in [0.3, 0.4) is 0 Å². The van der Waals surface area contributed by atoms with Crippen LogP contribution >= 0.6 is 23.2 Å². The number of methoxy groups -OCH3 is 1. The van der Waals surface area contributed by atoms with Crippen molar-refractivity contribution in [2.24, 2.45) is 0 Å². The van der Waals surface area contributed by atoms with Crippen LogP contribution in [0.25, 0.3) is 0 Å². The van der Waals surface area contributed by atoms with Crippen LogP contribution in [0.2, 0.25) is 0 Å². The summed E-state index contributed by atoms with van der Waals surface area (Å²) in [6.45, 7) is 1.55. The fourth-order valence-electron chi connectivity index (χ4n) is 0.877. The highest BCUT2D eigenvalue weighted by molar-refractivity contribution is 6.27. The van der Waals surface area contributed by atoms with Crippen molar-refractivity contribution >= 4 is 35.1 Å². The molecule has 0 aliphatic rings. The van der Waals surface area contributed by atoms with E-state index in [9.17, 15) is 9.59 Å². The van der Waals surface area contributed by atoms with Gasteiger partial charge in [-0.1, -0.05) is 11.6 Å². The predicted molar refractivity (Wildman–Crippen MR) is 57.0 cm³/mol. The molecular formula is C9H10Cl2O4. The largest absolute Gasteiger partial charge is 0.477 e. The smallest absolute Gasteiger partial charge is 0.345 e. The van der Waals surface area contributed by atoms with E-state index in [1.54, 1.807) is 6.92 Å². The fourth-order valence-corrected chi connectivity index (χ4v) is 1.35. The van der Waals surface area contributed by atoms with E-state index in [0.717, 1.165) is 12.6 Å². The zero-order valence-electron chi connectivity index (χ0n) is 8.21. The summed E-state index contributed by atoms with van der Waals surface area (Å²) in [5.41, 5.74) is 1.21. The van der Waals surface area contributed by atoms with E-state index >= 15 is 0 Å². The molecule has 0 spiro atoms. The Hall–Kier alpha value is -1.000. The molecule has 0 fully saturated rings. The first-order valence-corrected chi connectivity index (χ1v) is 4.84. The minimum atomic E-state index is -1.39. The Balaban J connectivity index is 5.59. The van der Waals surface area contributed by atoms with Gasteiger partial charge < -0.3 is 9.84 Å². The van der Waals surface area contributed by atoms with Gasteiger partial charge in [0.15, 0.2) is 0 Å². The maximum Gasteiger partial charge on any atom is 0.345 e. The van der Waals surface area contributed by atoms with E-state index in [1.165, 1.54) is 0 Å². The molecule has 6 heteroatoms. The number of carbonyl (C=O) groups is 2. The van der Waals surface area contributed by atoms with Gasteiger partial charge >= 0.3 is 11.9 Å². The molecule has 0 aromatic carbocycles. The van der Waals surface area contributed by atoms with E-state index in [2.05, 4.69) is 4.74 Å². The predicted octanol–water partition coefficient (Wildman–Crippen LogP) is 1.92. The van der Waals surface area contributed by atoms with Crippen molar-refractivity contribution in [3.8, 4) is 0 Å². The molecule has 0 bridgehead atoms. The minimum absolute atomic E-state index is 0.133. The van der Waals surface area contributed by atoms with Crippen LogP contribution in [-0.2, 0) is 14.3 Å². The molecule has 0 heterocycles. The first-order chi connectivity index (χ1) is 6.99. The van der Waals surface area contributed by atoms with E-state index in [0.29, 0.717) is 5.57 Å². The SMILES string of the molecule is COC(=O)C(C(=O)O)=C(CCl)C(C)=CCl. The average Bonchev–Trinajstić information content (AvgIpc) is 2.22. The maximum absolute atomic E-state index is 11.2. The molecule has 0 saturated carbocycles. The van der Waals surface area contributed by atoms with Crippen LogP contribution in [0.4, 0.5) is 0 Å². The lowest BCUT2D eigenvalue weighted by molar-refractivity contribution is -0.142. The Morgan fingerprint density at radius 1 is 1.47 bits per heavy atom. The number of carboxylic acids is 1. The topological polar surface area (TPSA) is 63.6 Å². The zero-order chi connectivity index (χ0) is 12.0. The quantitative estimate of drug-likeness (QED) is 0.207. The van der Waals surface area contributed by atoms with Crippen molar-refractivity contribution in [1.82, 2.24) is 0 Å². The van der Waals surface area contributed by atoms with Gasteiger partial charge in [-0.25, -0.2) is 9.59 Å². The van der Waals surface area contributed by atoms with Crippen LogP contribution in [0, 0.1) is 0 Å². The minimum Gasteiger partial charge on any atom is -0.477 e. The Labute approximate surface area is 97.1 Å². The van der Waals surface area contributed by atoms with E-state index < -0.39 is 17.5 Å². The molecule has 1 N–H and O–H groups in total. The molecule has 0 aliphatic carbocycles. The van der Waals surface area contributed by atoms with Crippen LogP contribution in [0.15, 0.2) is 22.3 Å². The number of carboxylic acid groups (broad SMARTS) is 1. The van der Waals surface area contributed by atoms with Crippen molar-refractivity contribution in [1.29, 1.82) is 0 Å². The molecule has 4 nitrogen and oxygen atoms in total. The molecule has 0 aromatic heterocycles. The molecule has 0 aliphatic heterocycles. The van der Waals surface area contributed by atoms with Gasteiger partial charge in [0.1, 0.15) is 5.57 Å². The lowest BCUT2D eigenvalue weighted by atomic mass is 10.0. The van der Waals surface area contributed by atoms with Crippen molar-refractivity contribution < 1.29 is 19.4 Å². The van der Waals surface area contributed by atoms with Gasteiger partial charge in [-0.2, -0.15) is 0 Å². The Morgan fingerprint density at radius 3 is 2.27 bits per heavy atom. The average molecular weight is 253 g/mol. The third kappa shape index (κ3) is 3.57. The number of aliphatic carboxylic acids is 1. The van der Waals surface area contributed by atoms with Gasteiger partial charge in [0, 0.05) is 11.4 Å². The second-order valence-corrected chi connectivity index (χ2v) is 3.06. The summed E-state index contributed by atoms with van der Waals surface area (Å²) in [5, 5.41) is 8.83. The summed E-state index contributed by atoms with van der Waals surface area (Å²) in [6.07, 6.45) is 0. The van der Waals surface area contributed by atoms with Gasteiger partial charge in [0.05, 0.1) is 7.11 Å². The maximum atomic E-state index is 11.2. The monoisotopic (exact) mass is 252 g/mol. The van der Waals surface area contributed by atoms with Crippen molar-refractivity contribution in [2.45, 2.75) is 6.92 Å². The van der Waals surface area contributed by atoms with E-state index in [1.807, 2.05) is 0 Å². The highest BCUT2D eigenvalue weighted by Gasteiger charge is 2.23. The fraction of sp³-hybridized carbons (Fsp3) is 0.333. The summed E-state index contributed by atoms with van der Waals surface area (Å²) in [5.74, 6) is -2.47. The Morgan fingerprint density at radius 2 is 2.00 bits per heavy atom. The number of rotatable bonds is 4. The number of alkyl halides is 1. The highest BCUT2D eigenvalue weighted by atomic mass is 35.5. The molecule has 15 heavy (non-hydrogen) atoms. The number of hydrogen-bond acceptors (Lipinski definition) is 3. The van der Waals surface area contributed by atoms with Crippen LogP contribution in [-0.4, -0.2) is 30.0 Å². The number of hydrogen-bond donors (Lipinski definition) is 1. The lowest BCUT2D eigenvalue weighted by Gasteiger charge is -2.07. The first-order valence-electron chi connectivity index (χ1n) is 3.87. The summed E-state index contributed by atoms with van der Waals surface area (Å²) in [7, 11) is 1.09. The molecule has 84 valence electrons. The Bertz CT molecular complexity index is 331. The van der Waals surface area contributed by atoms with Gasteiger partial charge in [-0.15, -0.1) is 11.6 Å². The molecule has 0 radical (unpaired) electrons. The molecule has 0 saturated heterocycles. The van der Waals surface area contributed by atoms with Gasteiger partial charge in [-0.05, 0) is 18.1 Å². The highest BCUT2D eigenvalue weighted by Crippen LogP contribution is 2.18. The van der Waals surface area contributed by atoms with Crippen molar-refractivity contribution in [3.05, 3.63) is 22.3 Å². The Kier molecular flexibility index (Phi) is 6.05. The van der Waals surface area contributed by atoms with Crippen LogP contribution in [0.1, 0.15) is 6.92 Å². The summed E-state index contributed by atoms with van der Waals surface area (Å²) < 4.78 is 4.34. The zero-order valence-corrected chi connectivity index (χ0v) is 9.72. The molecule has 0 atom stereocenters. The lowest BCUT2D eigenvalue weighted by Crippen LogP contribution is -2.17. The molecule has 0 unspecified atom stereocenters. The number of ether oxygens (including phenoxy) is 1. The van der Waals surface area contributed by atoms with Gasteiger partial charge in [0.2, 0.25) is 0 Å². The number of allylic oxidation sites excluding steroid dienone is 2. The van der Waals surface area contributed by atoms with Gasteiger partial charge in [-0.3, -0.25) is 0 Å². The molecule has 0 amide bonds. The molecule has 0 aromatic rings. The third-order valence-corrected chi connectivity index (χ3v) is 2.27. The van der Waals surface area contributed by atoms with E-state index in [4.69, 9.17) is 28.3 Å². The second kappa shape index (κ2) is 6.48. The van der Waals surface area contributed by atoms with Crippen molar-refractivity contribution in [3.63, 3.8) is 0 Å². The van der Waals surface area contributed by atoms with E-state index in [-0.39, 0.29) is 11.5 Å². The second-order valence-electron chi connectivity index (χ2n) is 2.58. The van der Waals surface area contributed by atoms with Crippen molar-refractivity contribution in [2.75, 3.05) is 13.0 Å². The number of esters is 1. The number of halogens is 2.